The normalized spacial score (nSPS) is 12.3. The molecule has 0 aliphatic heterocycles. The zero-order chi connectivity index (χ0) is 14.0. The third kappa shape index (κ3) is 2.50. The van der Waals surface area contributed by atoms with Crippen LogP contribution in [0.2, 0.25) is 0 Å². The molecule has 0 aliphatic carbocycles. The average molecular weight is 270 g/mol. The largest absolute Gasteiger partial charge is 0.481 e. The lowest BCUT2D eigenvalue weighted by Crippen LogP contribution is -2.08. The van der Waals surface area contributed by atoms with Gasteiger partial charge in [-0.15, -0.1) is 0 Å². The predicted octanol–water partition coefficient (Wildman–Crippen LogP) is 1.98. The van der Waals surface area contributed by atoms with Crippen molar-refractivity contribution in [2.45, 2.75) is 6.10 Å². The second-order valence-electron chi connectivity index (χ2n) is 3.65. The molecule has 2 aromatic rings. The first-order valence-corrected chi connectivity index (χ1v) is 5.22. The quantitative estimate of drug-likeness (QED) is 0.866. The van der Waals surface area contributed by atoms with Crippen molar-refractivity contribution in [1.82, 2.24) is 9.97 Å². The maximum absolute atomic E-state index is 13.5. The van der Waals surface area contributed by atoms with Crippen LogP contribution in [0.15, 0.2) is 24.5 Å². The van der Waals surface area contributed by atoms with Crippen LogP contribution in [-0.2, 0) is 0 Å². The van der Waals surface area contributed by atoms with Crippen molar-refractivity contribution in [3.05, 3.63) is 53.2 Å². The number of aliphatic hydroxyl groups is 1. The second-order valence-corrected chi connectivity index (χ2v) is 3.65. The molecule has 0 saturated heterocycles. The van der Waals surface area contributed by atoms with Crippen LogP contribution < -0.4 is 4.74 Å². The van der Waals surface area contributed by atoms with E-state index in [0.29, 0.717) is 0 Å². The first-order chi connectivity index (χ1) is 9.04. The van der Waals surface area contributed by atoms with E-state index in [-0.39, 0.29) is 11.6 Å². The van der Waals surface area contributed by atoms with Crippen molar-refractivity contribution in [2.75, 3.05) is 7.11 Å². The highest BCUT2D eigenvalue weighted by atomic mass is 19.2. The molecule has 1 heterocycles. The van der Waals surface area contributed by atoms with Crippen LogP contribution in [0.3, 0.4) is 0 Å². The van der Waals surface area contributed by atoms with Crippen molar-refractivity contribution in [3.8, 4) is 5.88 Å². The summed E-state index contributed by atoms with van der Waals surface area (Å²) in [4.78, 5) is 7.45. The topological polar surface area (TPSA) is 55.2 Å². The molecule has 1 aromatic carbocycles. The van der Waals surface area contributed by atoms with Gasteiger partial charge >= 0.3 is 0 Å². The lowest BCUT2D eigenvalue weighted by molar-refractivity contribution is 0.206. The van der Waals surface area contributed by atoms with E-state index in [1.54, 1.807) is 0 Å². The highest BCUT2D eigenvalue weighted by molar-refractivity contribution is 5.29. The van der Waals surface area contributed by atoms with E-state index in [9.17, 15) is 18.3 Å². The molecule has 0 saturated carbocycles. The number of methoxy groups -OCH3 is 1. The van der Waals surface area contributed by atoms with Gasteiger partial charge in [-0.25, -0.2) is 23.1 Å². The molecule has 7 heteroatoms. The van der Waals surface area contributed by atoms with Crippen LogP contribution in [0.4, 0.5) is 13.2 Å². The third-order valence-corrected chi connectivity index (χ3v) is 2.51. The summed E-state index contributed by atoms with van der Waals surface area (Å²) in [6.07, 6.45) is -0.443. The summed E-state index contributed by atoms with van der Waals surface area (Å²) in [6, 6.07) is 2.95. The smallest absolute Gasteiger partial charge is 0.216 e. The van der Waals surface area contributed by atoms with Crippen LogP contribution in [-0.4, -0.2) is 22.2 Å². The van der Waals surface area contributed by atoms with Crippen LogP contribution in [0.25, 0.3) is 0 Å². The lowest BCUT2D eigenvalue weighted by Gasteiger charge is -2.12. The summed E-state index contributed by atoms with van der Waals surface area (Å²) < 4.78 is 44.3. The fourth-order valence-corrected chi connectivity index (χ4v) is 1.53. The van der Waals surface area contributed by atoms with Crippen molar-refractivity contribution >= 4 is 0 Å². The molecular formula is C12H9F3N2O2. The number of hydrogen-bond donors (Lipinski definition) is 1. The maximum atomic E-state index is 13.5. The minimum Gasteiger partial charge on any atom is -0.481 e. The number of halogens is 3. The summed E-state index contributed by atoms with van der Waals surface area (Å²) in [5.74, 6) is -4.26. The van der Waals surface area contributed by atoms with E-state index in [0.717, 1.165) is 18.5 Å². The van der Waals surface area contributed by atoms with Gasteiger partial charge in [0, 0.05) is 11.6 Å². The van der Waals surface area contributed by atoms with Gasteiger partial charge in [-0.05, 0) is 12.1 Å². The van der Waals surface area contributed by atoms with Gasteiger partial charge in [-0.2, -0.15) is 0 Å². The zero-order valence-corrected chi connectivity index (χ0v) is 9.77. The molecule has 19 heavy (non-hydrogen) atoms. The number of nitrogens with zero attached hydrogens (tertiary/aromatic N) is 2. The Bertz CT molecular complexity index is 608. The van der Waals surface area contributed by atoms with E-state index in [2.05, 4.69) is 9.97 Å². The zero-order valence-electron chi connectivity index (χ0n) is 9.77. The summed E-state index contributed by atoms with van der Waals surface area (Å²) in [7, 11) is 1.36. The minimum atomic E-state index is -1.64. The van der Waals surface area contributed by atoms with Gasteiger partial charge in [0.1, 0.15) is 12.4 Å². The van der Waals surface area contributed by atoms with Crippen molar-refractivity contribution in [1.29, 1.82) is 0 Å². The Kier molecular flexibility index (Phi) is 3.66. The fourth-order valence-electron chi connectivity index (χ4n) is 1.53. The van der Waals surface area contributed by atoms with Gasteiger partial charge in [0.2, 0.25) is 5.88 Å². The van der Waals surface area contributed by atoms with Crippen molar-refractivity contribution < 1.29 is 23.0 Å². The van der Waals surface area contributed by atoms with Crippen LogP contribution >= 0.6 is 0 Å². The van der Waals surface area contributed by atoms with Crippen molar-refractivity contribution in [3.63, 3.8) is 0 Å². The number of benzene rings is 1. The molecule has 0 fully saturated rings. The molecule has 4 nitrogen and oxygen atoms in total. The molecule has 1 N–H and O–H groups in total. The Labute approximate surface area is 106 Å². The lowest BCUT2D eigenvalue weighted by atomic mass is 10.1. The first kappa shape index (κ1) is 13.3. The molecule has 100 valence electrons. The molecule has 0 bridgehead atoms. The number of ether oxygens (including phenoxy) is 1. The van der Waals surface area contributed by atoms with Gasteiger partial charge in [0.25, 0.3) is 0 Å². The first-order valence-electron chi connectivity index (χ1n) is 5.22. The van der Waals surface area contributed by atoms with Gasteiger partial charge in [0.05, 0.1) is 12.8 Å². The van der Waals surface area contributed by atoms with Crippen LogP contribution in [0.5, 0.6) is 5.88 Å². The van der Waals surface area contributed by atoms with Gasteiger partial charge in [-0.3, -0.25) is 0 Å². The van der Waals surface area contributed by atoms with E-state index in [1.807, 2.05) is 0 Å². The molecule has 1 atom stereocenters. The highest BCUT2D eigenvalue weighted by Crippen LogP contribution is 2.26. The number of rotatable bonds is 3. The number of aromatic nitrogens is 2. The third-order valence-electron chi connectivity index (χ3n) is 2.51. The maximum Gasteiger partial charge on any atom is 0.216 e. The van der Waals surface area contributed by atoms with Crippen molar-refractivity contribution in [2.24, 2.45) is 0 Å². The fraction of sp³-hybridized carbons (Fsp3) is 0.167. The SMILES string of the molecule is COc1cc(C(O)c2ccc(F)c(F)c2F)ncn1. The van der Waals surface area contributed by atoms with E-state index >= 15 is 0 Å². The Morgan fingerprint density at radius 1 is 1.16 bits per heavy atom. The second kappa shape index (κ2) is 5.23. The van der Waals surface area contributed by atoms with E-state index < -0.39 is 29.1 Å². The molecule has 2 rings (SSSR count). The van der Waals surface area contributed by atoms with Gasteiger partial charge in [-0.1, -0.05) is 0 Å². The molecule has 1 unspecified atom stereocenters. The molecule has 0 amide bonds. The molecule has 0 radical (unpaired) electrons. The highest BCUT2D eigenvalue weighted by Gasteiger charge is 2.21. The van der Waals surface area contributed by atoms with Crippen LogP contribution in [0, 0.1) is 17.5 Å². The van der Waals surface area contributed by atoms with E-state index in [1.165, 1.54) is 13.2 Å². The Morgan fingerprint density at radius 2 is 1.89 bits per heavy atom. The number of aliphatic hydroxyl groups excluding tert-OH is 1. The summed E-state index contributed by atoms with van der Waals surface area (Å²) >= 11 is 0. The molecule has 0 spiro atoms. The average Bonchev–Trinajstić information content (AvgIpc) is 2.44. The summed E-state index contributed by atoms with van der Waals surface area (Å²) in [6.45, 7) is 0. The monoisotopic (exact) mass is 270 g/mol. The van der Waals surface area contributed by atoms with E-state index in [4.69, 9.17) is 4.74 Å². The predicted molar refractivity (Wildman–Crippen MR) is 59.0 cm³/mol. The molecular weight excluding hydrogens is 261 g/mol. The minimum absolute atomic E-state index is 0.0109. The summed E-state index contributed by atoms with van der Waals surface area (Å²) in [5, 5.41) is 9.93. The van der Waals surface area contributed by atoms with Gasteiger partial charge in [0.15, 0.2) is 17.5 Å². The van der Waals surface area contributed by atoms with Gasteiger partial charge < -0.3 is 9.84 Å². The standard InChI is InChI=1S/C12H9F3N2O2/c1-19-9-4-8(16-5-17-9)12(18)6-2-3-7(13)11(15)10(6)14/h2-5,12,18H,1H3. The Balaban J connectivity index is 2.44. The van der Waals surface area contributed by atoms with Crippen LogP contribution in [0.1, 0.15) is 17.4 Å². The Morgan fingerprint density at radius 3 is 2.58 bits per heavy atom. The summed E-state index contributed by atoms with van der Waals surface area (Å²) in [5.41, 5.74) is -0.406. The number of hydrogen-bond acceptors (Lipinski definition) is 4. The Hall–Kier alpha value is -2.15. The molecule has 1 aromatic heterocycles. The molecule has 0 aliphatic rings.